The van der Waals surface area contributed by atoms with Crippen LogP contribution < -0.4 is 10.6 Å². The van der Waals surface area contributed by atoms with Gasteiger partial charge in [0.2, 0.25) is 0 Å². The lowest BCUT2D eigenvalue weighted by Crippen LogP contribution is -2.41. The number of anilines is 1. The van der Waals surface area contributed by atoms with Crippen molar-refractivity contribution in [2.24, 2.45) is 0 Å². The molecule has 1 aromatic heterocycles. The van der Waals surface area contributed by atoms with Crippen molar-refractivity contribution in [2.75, 3.05) is 44.7 Å². The number of carbonyl (C=O) groups excluding carboxylic acids is 1. The van der Waals surface area contributed by atoms with E-state index in [9.17, 15) is 4.79 Å². The summed E-state index contributed by atoms with van der Waals surface area (Å²) in [4.78, 5) is 23.3. The quantitative estimate of drug-likeness (QED) is 0.755. The van der Waals surface area contributed by atoms with E-state index in [2.05, 4.69) is 25.5 Å². The van der Waals surface area contributed by atoms with Crippen LogP contribution in [0.25, 0.3) is 0 Å². The summed E-state index contributed by atoms with van der Waals surface area (Å²) in [5.74, 6) is 0.980. The Balaban J connectivity index is 1.53. The van der Waals surface area contributed by atoms with Crippen LogP contribution in [0, 0.1) is 6.92 Å². The number of benzene rings is 1. The largest absolute Gasteiger partial charge is 0.379 e. The first-order valence-electron chi connectivity index (χ1n) is 9.02. The minimum atomic E-state index is -0.191. The number of halogens is 1. The Hall–Kier alpha value is -2.22. The lowest BCUT2D eigenvalue weighted by atomic mass is 10.2. The zero-order valence-electron chi connectivity index (χ0n) is 15.4. The zero-order valence-corrected chi connectivity index (χ0v) is 16.1. The number of morpholine rings is 1. The predicted molar refractivity (Wildman–Crippen MR) is 105 cm³/mol. The van der Waals surface area contributed by atoms with Crippen LogP contribution in [0.5, 0.6) is 0 Å². The molecule has 1 aliphatic heterocycles. The Bertz CT molecular complexity index is 763. The fourth-order valence-corrected chi connectivity index (χ4v) is 2.94. The van der Waals surface area contributed by atoms with Gasteiger partial charge in [-0.2, -0.15) is 0 Å². The first-order valence-corrected chi connectivity index (χ1v) is 9.40. The highest BCUT2D eigenvalue weighted by molar-refractivity contribution is 6.30. The van der Waals surface area contributed by atoms with Crippen LogP contribution in [-0.4, -0.2) is 60.2 Å². The minimum Gasteiger partial charge on any atom is -0.379 e. The van der Waals surface area contributed by atoms with Gasteiger partial charge in [0.05, 0.1) is 13.2 Å². The smallest absolute Gasteiger partial charge is 0.270 e. The van der Waals surface area contributed by atoms with Crippen LogP contribution in [0.4, 0.5) is 5.82 Å². The van der Waals surface area contributed by atoms with Crippen molar-refractivity contribution < 1.29 is 9.53 Å². The molecule has 0 bridgehead atoms. The highest BCUT2D eigenvalue weighted by Gasteiger charge is 2.13. The Morgan fingerprint density at radius 2 is 1.96 bits per heavy atom. The van der Waals surface area contributed by atoms with Crippen LogP contribution in [0.1, 0.15) is 21.9 Å². The third-order valence-electron chi connectivity index (χ3n) is 4.27. The Labute approximate surface area is 164 Å². The molecule has 0 saturated carbocycles. The second-order valence-electron chi connectivity index (χ2n) is 6.38. The molecule has 144 valence electrons. The van der Waals surface area contributed by atoms with Crippen LogP contribution in [-0.2, 0) is 11.3 Å². The van der Waals surface area contributed by atoms with Gasteiger partial charge >= 0.3 is 0 Å². The molecule has 1 amide bonds. The van der Waals surface area contributed by atoms with E-state index >= 15 is 0 Å². The monoisotopic (exact) mass is 389 g/mol. The second-order valence-corrected chi connectivity index (χ2v) is 6.81. The zero-order chi connectivity index (χ0) is 19.1. The average Bonchev–Trinajstić information content (AvgIpc) is 2.68. The number of carbonyl (C=O) groups is 1. The number of amides is 1. The molecule has 1 aromatic carbocycles. The topological polar surface area (TPSA) is 79.4 Å². The van der Waals surface area contributed by atoms with Gasteiger partial charge in [-0.1, -0.05) is 23.7 Å². The third-order valence-corrected chi connectivity index (χ3v) is 4.53. The fourth-order valence-electron chi connectivity index (χ4n) is 2.81. The molecular formula is C19H24ClN5O2. The van der Waals surface area contributed by atoms with E-state index in [0.717, 1.165) is 38.4 Å². The van der Waals surface area contributed by atoms with Crippen LogP contribution in [0.15, 0.2) is 30.3 Å². The number of hydrogen-bond donors (Lipinski definition) is 2. The molecule has 0 atom stereocenters. The van der Waals surface area contributed by atoms with Gasteiger partial charge in [-0.3, -0.25) is 9.69 Å². The van der Waals surface area contributed by atoms with Gasteiger partial charge in [-0.15, -0.1) is 0 Å². The number of aryl methyl sites for hydroxylation is 1. The van der Waals surface area contributed by atoms with Gasteiger partial charge in [-0.25, -0.2) is 9.97 Å². The molecule has 27 heavy (non-hydrogen) atoms. The maximum atomic E-state index is 12.4. The van der Waals surface area contributed by atoms with Crippen molar-refractivity contribution in [1.29, 1.82) is 0 Å². The van der Waals surface area contributed by atoms with Gasteiger partial charge in [0.1, 0.15) is 17.3 Å². The molecule has 8 heteroatoms. The Morgan fingerprint density at radius 3 is 2.70 bits per heavy atom. The minimum absolute atomic E-state index is 0.191. The first-order chi connectivity index (χ1) is 13.1. The Morgan fingerprint density at radius 1 is 1.22 bits per heavy atom. The average molecular weight is 390 g/mol. The number of nitrogens with zero attached hydrogens (tertiary/aromatic N) is 3. The SMILES string of the molecule is Cc1nc(NCc2ccc(Cl)cc2)cc(C(=O)NCCN2CCOCC2)n1. The lowest BCUT2D eigenvalue weighted by molar-refractivity contribution is 0.0383. The molecule has 0 spiro atoms. The van der Waals surface area contributed by atoms with Crippen molar-refractivity contribution in [3.8, 4) is 0 Å². The molecule has 1 saturated heterocycles. The standard InChI is InChI=1S/C19H24ClN5O2/c1-14-23-17(19(26)21-6-7-25-8-10-27-11-9-25)12-18(24-14)22-13-15-2-4-16(20)5-3-15/h2-5,12H,6-11,13H2,1H3,(H,21,26)(H,22,23,24). The summed E-state index contributed by atoms with van der Waals surface area (Å²) in [5.41, 5.74) is 1.44. The molecule has 0 unspecified atom stereocenters. The van der Waals surface area contributed by atoms with Crippen molar-refractivity contribution in [1.82, 2.24) is 20.2 Å². The summed E-state index contributed by atoms with van der Waals surface area (Å²) in [6.45, 7) is 7.06. The summed E-state index contributed by atoms with van der Waals surface area (Å²) in [5, 5.41) is 6.86. The van der Waals surface area contributed by atoms with E-state index in [4.69, 9.17) is 16.3 Å². The van der Waals surface area contributed by atoms with E-state index in [-0.39, 0.29) is 5.91 Å². The van der Waals surface area contributed by atoms with E-state index in [0.29, 0.717) is 35.4 Å². The molecule has 2 N–H and O–H groups in total. The highest BCUT2D eigenvalue weighted by atomic mass is 35.5. The van der Waals surface area contributed by atoms with Crippen LogP contribution in [0.3, 0.4) is 0 Å². The van der Waals surface area contributed by atoms with E-state index in [1.165, 1.54) is 0 Å². The summed E-state index contributed by atoms with van der Waals surface area (Å²) in [6.07, 6.45) is 0. The molecule has 0 radical (unpaired) electrons. The number of hydrogen-bond acceptors (Lipinski definition) is 6. The number of aromatic nitrogens is 2. The van der Waals surface area contributed by atoms with Crippen molar-refractivity contribution in [3.05, 3.63) is 52.4 Å². The normalized spacial score (nSPS) is 14.7. The van der Waals surface area contributed by atoms with E-state index < -0.39 is 0 Å². The second kappa shape index (κ2) is 9.64. The van der Waals surface area contributed by atoms with Gasteiger partial charge in [0, 0.05) is 43.8 Å². The first kappa shape index (κ1) is 19.5. The molecule has 3 rings (SSSR count). The molecule has 1 aliphatic rings. The summed E-state index contributed by atoms with van der Waals surface area (Å²) < 4.78 is 5.32. The van der Waals surface area contributed by atoms with Gasteiger partial charge in [0.15, 0.2) is 0 Å². The molecule has 0 aliphatic carbocycles. The molecule has 1 fully saturated rings. The number of ether oxygens (including phenoxy) is 1. The third kappa shape index (κ3) is 6.16. The maximum absolute atomic E-state index is 12.4. The van der Waals surface area contributed by atoms with E-state index in [1.54, 1.807) is 13.0 Å². The summed E-state index contributed by atoms with van der Waals surface area (Å²) >= 11 is 5.90. The summed E-state index contributed by atoms with van der Waals surface area (Å²) in [7, 11) is 0. The van der Waals surface area contributed by atoms with Crippen molar-refractivity contribution >= 4 is 23.3 Å². The van der Waals surface area contributed by atoms with Gasteiger partial charge in [0.25, 0.3) is 5.91 Å². The van der Waals surface area contributed by atoms with Gasteiger partial charge < -0.3 is 15.4 Å². The molecule has 2 aromatic rings. The number of rotatable bonds is 7. The molecule has 2 heterocycles. The van der Waals surface area contributed by atoms with E-state index in [1.807, 2.05) is 24.3 Å². The van der Waals surface area contributed by atoms with Gasteiger partial charge in [-0.05, 0) is 24.6 Å². The fraction of sp³-hybridized carbons (Fsp3) is 0.421. The van der Waals surface area contributed by atoms with Crippen LogP contribution in [0.2, 0.25) is 5.02 Å². The highest BCUT2D eigenvalue weighted by Crippen LogP contribution is 2.12. The number of nitrogens with one attached hydrogen (secondary N) is 2. The lowest BCUT2D eigenvalue weighted by Gasteiger charge is -2.26. The summed E-state index contributed by atoms with van der Waals surface area (Å²) in [6, 6.07) is 9.26. The van der Waals surface area contributed by atoms with Crippen LogP contribution >= 0.6 is 11.6 Å². The van der Waals surface area contributed by atoms with Crippen molar-refractivity contribution in [2.45, 2.75) is 13.5 Å². The Kier molecular flexibility index (Phi) is 6.98. The molecule has 7 nitrogen and oxygen atoms in total. The predicted octanol–water partition coefficient (Wildman–Crippen LogP) is 2.11. The molecular weight excluding hydrogens is 366 g/mol. The van der Waals surface area contributed by atoms with Crippen molar-refractivity contribution in [3.63, 3.8) is 0 Å². The maximum Gasteiger partial charge on any atom is 0.270 e.